The van der Waals surface area contributed by atoms with Crippen molar-refractivity contribution in [2.75, 3.05) is 0 Å². The van der Waals surface area contributed by atoms with Crippen LogP contribution >= 0.6 is 0 Å². The summed E-state index contributed by atoms with van der Waals surface area (Å²) < 4.78 is 0. The summed E-state index contributed by atoms with van der Waals surface area (Å²) in [4.78, 5) is 8.36. The van der Waals surface area contributed by atoms with Crippen LogP contribution in [-0.2, 0) is 0 Å². The van der Waals surface area contributed by atoms with E-state index in [-0.39, 0.29) is 36.5 Å². The first-order valence-electron chi connectivity index (χ1n) is 0.565. The molecule has 0 radical (unpaired) electrons. The van der Waals surface area contributed by atoms with Crippen molar-refractivity contribution in [2.45, 2.75) is 0 Å². The molecule has 0 aromatic carbocycles. The minimum Gasteiger partial charge on any atom is -1.00 e. The second kappa shape index (κ2) is 8.94. The fourth-order valence-electron chi connectivity index (χ4n) is 0. The Morgan fingerprint density at radius 1 is 1.83 bits per heavy atom. The van der Waals surface area contributed by atoms with Crippen LogP contribution in [0, 0.1) is 10.1 Å². The molecule has 0 aromatic heterocycles. The van der Waals surface area contributed by atoms with Gasteiger partial charge in [0.25, 0.3) is 5.09 Å². The summed E-state index contributed by atoms with van der Waals surface area (Å²) in [6, 6.07) is 0. The van der Waals surface area contributed by atoms with E-state index in [4.69, 9.17) is 15.3 Å². The third kappa shape index (κ3) is 1620. The van der Waals surface area contributed by atoms with E-state index in [2.05, 4.69) is 0 Å². The predicted molar refractivity (Wildman–Crippen MR) is 13.5 cm³/mol. The molecule has 0 fully saturated rings. The molecule has 0 aliphatic heterocycles. The van der Waals surface area contributed by atoms with Gasteiger partial charge in [0.2, 0.25) is 0 Å². The van der Waals surface area contributed by atoms with E-state index in [1.165, 1.54) is 0 Å². The molecule has 3 N–H and O–H groups in total. The molecule has 0 rings (SSSR count). The van der Waals surface area contributed by atoms with Crippen molar-refractivity contribution in [3.63, 3.8) is 0 Å². The summed E-state index contributed by atoms with van der Waals surface area (Å²) in [5, 5.41) is 13.6. The Morgan fingerprint density at radius 2 is 1.83 bits per heavy atom. The van der Waals surface area contributed by atoms with Crippen LogP contribution in [0.1, 0.15) is 1.43 Å². The van der Waals surface area contributed by atoms with Crippen LogP contribution < -0.4 is 29.6 Å². The first-order chi connectivity index (χ1) is 1.73. The van der Waals surface area contributed by atoms with Gasteiger partial charge in [-0.25, -0.2) is 0 Å². The van der Waals surface area contributed by atoms with Crippen LogP contribution in [0.25, 0.3) is 0 Å². The van der Waals surface area contributed by atoms with Crippen molar-refractivity contribution in [3.05, 3.63) is 10.1 Å². The molecule has 34 valence electrons. The fraction of sp³-hybridized carbons (Fsp3) is 0. The molecule has 0 spiro atoms. The Balaban J connectivity index is -0.0000000150. The van der Waals surface area contributed by atoms with Crippen molar-refractivity contribution in [1.29, 1.82) is 0 Å². The summed E-state index contributed by atoms with van der Waals surface area (Å²) in [7, 11) is 0. The smallest absolute Gasteiger partial charge is 1.00 e. The standard InChI is InChI=1S/HNO3.Na.H2O.H/c2-1(3)4;;;/h(H,2,3,4);;1H2;/q;+1;;-1. The minimum absolute atomic E-state index is 0. The maximum absolute atomic E-state index is 8.36. The summed E-state index contributed by atoms with van der Waals surface area (Å²) in [6.45, 7) is 0. The number of rotatable bonds is 0. The third-order valence-electron chi connectivity index (χ3n) is 0. The SMILES string of the molecule is O.O=[N+]([O-])O.[H-].[Na+]. The first-order valence-corrected chi connectivity index (χ1v) is 0.565. The normalized spacial score (nSPS) is 4.00. The molecule has 6 heavy (non-hydrogen) atoms. The second-order valence-electron chi connectivity index (χ2n) is 0.238. The van der Waals surface area contributed by atoms with Gasteiger partial charge in [0.1, 0.15) is 0 Å². The van der Waals surface area contributed by atoms with Gasteiger partial charge in [-0.2, -0.15) is 0 Å². The average molecular weight is 105 g/mol. The predicted octanol–water partition coefficient (Wildman–Crippen LogP) is -4.06. The molecule has 0 atom stereocenters. The van der Waals surface area contributed by atoms with Crippen LogP contribution in [0.5, 0.6) is 0 Å². The molecule has 0 unspecified atom stereocenters. The molecule has 0 saturated heterocycles. The molecule has 5 nitrogen and oxygen atoms in total. The summed E-state index contributed by atoms with van der Waals surface area (Å²) in [6.07, 6.45) is 0. The molecule has 0 heterocycles. The van der Waals surface area contributed by atoms with Crippen molar-refractivity contribution < 1.29 is 46.8 Å². The molecule has 0 bridgehead atoms. The van der Waals surface area contributed by atoms with Gasteiger partial charge in [-0.3, -0.25) is 0 Å². The molecule has 0 aliphatic carbocycles. The van der Waals surface area contributed by atoms with Crippen LogP contribution in [0.3, 0.4) is 0 Å². The van der Waals surface area contributed by atoms with Gasteiger partial charge in [-0.1, -0.05) is 0 Å². The van der Waals surface area contributed by atoms with Crippen LogP contribution in [-0.4, -0.2) is 15.8 Å². The van der Waals surface area contributed by atoms with E-state index in [1.807, 2.05) is 0 Å². The second-order valence-corrected chi connectivity index (χ2v) is 0.238. The van der Waals surface area contributed by atoms with E-state index >= 15 is 0 Å². The van der Waals surface area contributed by atoms with Crippen molar-refractivity contribution in [2.24, 2.45) is 0 Å². The van der Waals surface area contributed by atoms with E-state index in [9.17, 15) is 0 Å². The van der Waals surface area contributed by atoms with Crippen molar-refractivity contribution in [1.82, 2.24) is 0 Å². The monoisotopic (exact) mass is 105 g/mol. The zero-order valence-corrected chi connectivity index (χ0v) is 5.21. The Labute approximate surface area is 57.2 Å². The zero-order chi connectivity index (χ0) is 3.58. The van der Waals surface area contributed by atoms with Gasteiger partial charge >= 0.3 is 29.6 Å². The van der Waals surface area contributed by atoms with Gasteiger partial charge in [-0.15, -0.1) is 10.1 Å². The maximum atomic E-state index is 8.36. The molecular weight excluding hydrogens is 101 g/mol. The van der Waals surface area contributed by atoms with E-state index in [1.54, 1.807) is 0 Å². The fourth-order valence-corrected chi connectivity index (χ4v) is 0. The van der Waals surface area contributed by atoms with Gasteiger partial charge < -0.3 is 12.1 Å². The molecule has 0 amide bonds. The molecule has 0 aromatic rings. The Bertz CT molecular complexity index is 34.7. The largest absolute Gasteiger partial charge is 1.00 e. The van der Waals surface area contributed by atoms with Gasteiger partial charge in [-0.05, 0) is 0 Å². The molecule has 6 heteroatoms. The van der Waals surface area contributed by atoms with E-state index in [0.29, 0.717) is 0 Å². The molecular formula is H4NNaO4. The first kappa shape index (κ1) is 16.4. The Kier molecular flexibility index (Phi) is 24.5. The van der Waals surface area contributed by atoms with E-state index < -0.39 is 5.09 Å². The molecule has 0 aliphatic rings. The minimum atomic E-state index is -1.50. The molecule has 0 saturated carbocycles. The maximum Gasteiger partial charge on any atom is 1.00 e. The number of nitrogens with zero attached hydrogens (tertiary/aromatic N) is 1. The average Bonchev–Trinajstić information content (AvgIpc) is 0.811. The van der Waals surface area contributed by atoms with Crippen molar-refractivity contribution in [3.8, 4) is 0 Å². The van der Waals surface area contributed by atoms with Crippen LogP contribution in [0.2, 0.25) is 0 Å². The zero-order valence-electron chi connectivity index (χ0n) is 4.21. The summed E-state index contributed by atoms with van der Waals surface area (Å²) >= 11 is 0. The number of hydrogen-bond acceptors (Lipinski definition) is 2. The van der Waals surface area contributed by atoms with E-state index in [0.717, 1.165) is 0 Å². The Morgan fingerprint density at radius 3 is 1.83 bits per heavy atom. The topological polar surface area (TPSA) is 94.9 Å². The Hall–Kier alpha value is 0.160. The summed E-state index contributed by atoms with van der Waals surface area (Å²) in [5.41, 5.74) is 0. The summed E-state index contributed by atoms with van der Waals surface area (Å²) in [5.74, 6) is 0. The van der Waals surface area contributed by atoms with Gasteiger partial charge in [0, 0.05) is 0 Å². The van der Waals surface area contributed by atoms with Gasteiger partial charge in [0.15, 0.2) is 0 Å². The third-order valence-corrected chi connectivity index (χ3v) is 0. The quantitative estimate of drug-likeness (QED) is 0.193. The van der Waals surface area contributed by atoms with Gasteiger partial charge in [0.05, 0.1) is 0 Å². The van der Waals surface area contributed by atoms with Crippen molar-refractivity contribution >= 4 is 0 Å². The van der Waals surface area contributed by atoms with Crippen LogP contribution in [0.15, 0.2) is 0 Å². The van der Waals surface area contributed by atoms with Crippen LogP contribution in [0.4, 0.5) is 0 Å². The number of hydrogen-bond donors (Lipinski definition) is 1.